The van der Waals surface area contributed by atoms with Crippen LogP contribution in [0.4, 0.5) is 18.0 Å². The summed E-state index contributed by atoms with van der Waals surface area (Å²) in [6.07, 6.45) is -3.96. The molecule has 2 N–H and O–H groups in total. The molecule has 2 aromatic rings. The third-order valence-corrected chi connectivity index (χ3v) is 9.22. The van der Waals surface area contributed by atoms with Gasteiger partial charge in [-0.2, -0.15) is 17.5 Å². The number of rotatable bonds is 11. The van der Waals surface area contributed by atoms with E-state index < -0.39 is 37.8 Å². The minimum Gasteiger partial charge on any atom is -0.336 e. The number of benzene rings is 2. The first kappa shape index (κ1) is 31.6. The second kappa shape index (κ2) is 12.7. The average Bonchev–Trinajstić information content (AvgIpc) is 3.37. The van der Waals surface area contributed by atoms with Crippen LogP contribution in [0.3, 0.4) is 0 Å². The van der Waals surface area contributed by atoms with Gasteiger partial charge in [-0.3, -0.25) is 0 Å². The molecule has 1 saturated heterocycles. The minimum atomic E-state index is -4.46. The molecule has 2 aromatic carbocycles. The summed E-state index contributed by atoms with van der Waals surface area (Å²) in [4.78, 5) is 14.3. The number of carbonyl (C=O) groups is 1. The fourth-order valence-corrected chi connectivity index (χ4v) is 6.29. The fourth-order valence-electron chi connectivity index (χ4n) is 4.17. The molecule has 1 aliphatic heterocycles. The van der Waals surface area contributed by atoms with Crippen molar-refractivity contribution in [3.63, 3.8) is 0 Å². The van der Waals surface area contributed by atoms with Crippen LogP contribution in [0.1, 0.15) is 37.0 Å². The number of nitrogens with one attached hydrogen (secondary N) is 2. The molecule has 0 aromatic heterocycles. The van der Waals surface area contributed by atoms with Gasteiger partial charge in [-0.15, -0.1) is 0 Å². The van der Waals surface area contributed by atoms with Crippen LogP contribution in [0.2, 0.25) is 0 Å². The van der Waals surface area contributed by atoms with Crippen molar-refractivity contribution in [1.82, 2.24) is 19.2 Å². The number of alkyl halides is 3. The molecule has 0 aliphatic carbocycles. The Hall–Kier alpha value is -2.94. The van der Waals surface area contributed by atoms with Crippen molar-refractivity contribution in [2.75, 3.05) is 19.6 Å². The number of carbonyl (C=O) groups excluding carboxylic acids is 1. The highest BCUT2D eigenvalue weighted by molar-refractivity contribution is 7.92. The molecule has 1 heterocycles. The zero-order valence-electron chi connectivity index (χ0n) is 22.2. The SMILES string of the molecule is C=CS(=O)(=O)NC[C@H]1CCN(S(=O)(=O)c2ccc(CN(Cc3ccc(C(F)(F)F)cc3)C(=O)NC(C)C)cc2)C1. The molecule has 9 nitrogen and oxygen atoms in total. The molecule has 40 heavy (non-hydrogen) atoms. The Morgan fingerprint density at radius 1 is 1.05 bits per heavy atom. The van der Waals surface area contributed by atoms with Crippen LogP contribution in [0.25, 0.3) is 0 Å². The first-order chi connectivity index (χ1) is 18.6. The van der Waals surface area contributed by atoms with Gasteiger partial charge in [-0.25, -0.2) is 26.4 Å². The predicted molar refractivity (Wildman–Crippen MR) is 145 cm³/mol. The van der Waals surface area contributed by atoms with Crippen molar-refractivity contribution in [3.8, 4) is 0 Å². The molecule has 0 radical (unpaired) electrons. The topological polar surface area (TPSA) is 116 Å². The van der Waals surface area contributed by atoms with E-state index in [0.29, 0.717) is 17.5 Å². The van der Waals surface area contributed by atoms with E-state index in [9.17, 15) is 34.8 Å². The maximum Gasteiger partial charge on any atom is 0.416 e. The quantitative estimate of drug-likeness (QED) is 0.405. The smallest absolute Gasteiger partial charge is 0.336 e. The highest BCUT2D eigenvalue weighted by Gasteiger charge is 2.33. The lowest BCUT2D eigenvalue weighted by molar-refractivity contribution is -0.137. The van der Waals surface area contributed by atoms with Crippen LogP contribution >= 0.6 is 0 Å². The first-order valence-electron chi connectivity index (χ1n) is 12.5. The Balaban J connectivity index is 1.70. The lowest BCUT2D eigenvalue weighted by Gasteiger charge is -2.25. The Kier molecular flexibility index (Phi) is 10.0. The predicted octanol–water partition coefficient (Wildman–Crippen LogP) is 3.90. The molecule has 1 atom stereocenters. The Bertz CT molecular complexity index is 1400. The average molecular weight is 603 g/mol. The van der Waals surface area contributed by atoms with Gasteiger partial charge in [-0.05, 0) is 61.6 Å². The number of urea groups is 1. The van der Waals surface area contributed by atoms with Crippen molar-refractivity contribution < 1.29 is 34.8 Å². The van der Waals surface area contributed by atoms with Crippen molar-refractivity contribution in [1.29, 1.82) is 0 Å². The summed E-state index contributed by atoms with van der Waals surface area (Å²) >= 11 is 0. The van der Waals surface area contributed by atoms with E-state index in [2.05, 4.69) is 16.6 Å². The van der Waals surface area contributed by atoms with Gasteiger partial charge in [0.25, 0.3) is 0 Å². The second-order valence-electron chi connectivity index (χ2n) is 9.88. The Labute approximate surface area is 233 Å². The van der Waals surface area contributed by atoms with E-state index in [1.165, 1.54) is 33.5 Å². The molecule has 1 aliphatic rings. The van der Waals surface area contributed by atoms with Gasteiger partial charge in [0.05, 0.1) is 10.5 Å². The van der Waals surface area contributed by atoms with Crippen molar-refractivity contribution in [2.45, 2.75) is 50.5 Å². The molecule has 2 amide bonds. The van der Waals surface area contributed by atoms with Crippen molar-refractivity contribution in [2.24, 2.45) is 5.92 Å². The van der Waals surface area contributed by atoms with E-state index >= 15 is 0 Å². The molecule has 0 unspecified atom stereocenters. The third-order valence-electron chi connectivity index (χ3n) is 6.33. The van der Waals surface area contributed by atoms with Crippen LogP contribution in [-0.2, 0) is 39.3 Å². The number of hydrogen-bond acceptors (Lipinski definition) is 5. The number of hydrogen-bond donors (Lipinski definition) is 2. The standard InChI is InChI=1S/C26H33F3N4O5S2/c1-4-39(35,36)30-15-22-13-14-33(18-22)40(37,38)24-11-7-21(8-12-24)17-32(25(34)31-19(2)3)16-20-5-9-23(10-6-20)26(27,28)29/h4-12,19,22,30H,1,13-18H2,2-3H3,(H,31,34)/t22-/m1/s1. The lowest BCUT2D eigenvalue weighted by atomic mass is 10.1. The molecule has 3 rings (SSSR count). The van der Waals surface area contributed by atoms with Crippen molar-refractivity contribution >= 4 is 26.1 Å². The second-order valence-corrected chi connectivity index (χ2v) is 13.5. The van der Waals surface area contributed by atoms with Gasteiger partial charge in [0.2, 0.25) is 20.0 Å². The molecule has 1 fully saturated rings. The zero-order valence-corrected chi connectivity index (χ0v) is 23.8. The number of halogens is 3. The van der Waals surface area contributed by atoms with Gasteiger partial charge in [-0.1, -0.05) is 30.8 Å². The van der Waals surface area contributed by atoms with Gasteiger partial charge in [0, 0.05) is 44.2 Å². The van der Waals surface area contributed by atoms with Gasteiger partial charge in [0.1, 0.15) is 0 Å². The number of nitrogens with zero attached hydrogens (tertiary/aromatic N) is 2. The van der Waals surface area contributed by atoms with E-state index in [-0.39, 0.29) is 49.6 Å². The monoisotopic (exact) mass is 602 g/mol. The third kappa shape index (κ3) is 8.53. The summed E-state index contributed by atoms with van der Waals surface area (Å²) < 4.78 is 91.9. The van der Waals surface area contributed by atoms with Crippen LogP contribution in [0, 0.1) is 5.92 Å². The Morgan fingerprint density at radius 2 is 1.60 bits per heavy atom. The summed E-state index contributed by atoms with van der Waals surface area (Å²) in [6.45, 7) is 7.45. The van der Waals surface area contributed by atoms with Gasteiger partial charge < -0.3 is 10.2 Å². The first-order valence-corrected chi connectivity index (χ1v) is 15.5. The van der Waals surface area contributed by atoms with Gasteiger partial charge >= 0.3 is 12.2 Å². The molecule has 0 bridgehead atoms. The zero-order chi connectivity index (χ0) is 29.7. The largest absolute Gasteiger partial charge is 0.416 e. The van der Waals surface area contributed by atoms with Crippen LogP contribution in [0.15, 0.2) is 65.4 Å². The molecule has 14 heteroatoms. The van der Waals surface area contributed by atoms with Crippen LogP contribution < -0.4 is 10.0 Å². The highest BCUT2D eigenvalue weighted by Crippen LogP contribution is 2.29. The number of amides is 2. The molecular weight excluding hydrogens is 569 g/mol. The molecule has 0 spiro atoms. The lowest BCUT2D eigenvalue weighted by Crippen LogP contribution is -2.42. The van der Waals surface area contributed by atoms with E-state index in [1.54, 1.807) is 26.0 Å². The van der Waals surface area contributed by atoms with E-state index in [0.717, 1.165) is 17.5 Å². The summed E-state index contributed by atoms with van der Waals surface area (Å²) in [5.41, 5.74) is 0.349. The highest BCUT2D eigenvalue weighted by atomic mass is 32.2. The Morgan fingerprint density at radius 3 is 2.10 bits per heavy atom. The number of sulfonamides is 2. The maximum atomic E-state index is 13.2. The van der Waals surface area contributed by atoms with Gasteiger partial charge in [0.15, 0.2) is 0 Å². The van der Waals surface area contributed by atoms with Crippen LogP contribution in [0.5, 0.6) is 0 Å². The minimum absolute atomic E-state index is 0.0432. The molecule has 0 saturated carbocycles. The molecule has 220 valence electrons. The summed E-state index contributed by atoms with van der Waals surface area (Å²) in [7, 11) is -7.42. The maximum absolute atomic E-state index is 13.2. The molecular formula is C26H33F3N4O5S2. The fraction of sp³-hybridized carbons (Fsp3) is 0.423. The summed E-state index contributed by atoms with van der Waals surface area (Å²) in [6, 6.07) is 10.0. The van der Waals surface area contributed by atoms with E-state index in [4.69, 9.17) is 0 Å². The van der Waals surface area contributed by atoms with E-state index in [1.807, 2.05) is 0 Å². The summed E-state index contributed by atoms with van der Waals surface area (Å²) in [5.74, 6) is -0.179. The summed E-state index contributed by atoms with van der Waals surface area (Å²) in [5, 5.41) is 3.58. The van der Waals surface area contributed by atoms with Crippen molar-refractivity contribution in [3.05, 3.63) is 77.2 Å². The normalized spacial score (nSPS) is 16.7. The van der Waals surface area contributed by atoms with Crippen LogP contribution in [-0.4, -0.2) is 57.7 Å².